The molecule has 28 heavy (non-hydrogen) atoms. The summed E-state index contributed by atoms with van der Waals surface area (Å²) < 4.78 is 46.5. The maximum Gasteiger partial charge on any atom is 0.314 e. The van der Waals surface area contributed by atoms with Crippen molar-refractivity contribution in [3.05, 3.63) is 0 Å². The molecule has 0 unspecified atom stereocenters. The first kappa shape index (κ1) is 27.2. The Bertz CT molecular complexity index is 614. The van der Waals surface area contributed by atoms with Gasteiger partial charge in [0.15, 0.2) is 19.7 Å². The minimum atomic E-state index is -3.08. The van der Waals surface area contributed by atoms with Crippen molar-refractivity contribution in [2.24, 2.45) is 0 Å². The normalized spacial score (nSPS) is 13.4. The van der Waals surface area contributed by atoms with E-state index in [0.29, 0.717) is 25.9 Å². The van der Waals surface area contributed by atoms with E-state index in [1.165, 1.54) is 0 Å². The van der Waals surface area contributed by atoms with Crippen LogP contribution in [-0.2, 0) is 19.7 Å². The van der Waals surface area contributed by atoms with Crippen molar-refractivity contribution in [2.45, 2.75) is 89.6 Å². The summed E-state index contributed by atoms with van der Waals surface area (Å²) >= 11 is 0. The first-order chi connectivity index (χ1) is 12.6. The van der Waals surface area contributed by atoms with Gasteiger partial charge >= 0.3 is 6.03 Å². The highest BCUT2D eigenvalue weighted by atomic mass is 32.2. The fourth-order valence-corrected chi connectivity index (χ4v) is 4.66. The molecule has 0 aromatic carbocycles. The van der Waals surface area contributed by atoms with E-state index in [9.17, 15) is 21.6 Å². The summed E-state index contributed by atoms with van der Waals surface area (Å²) in [6.45, 7) is 11.2. The van der Waals surface area contributed by atoms with Crippen LogP contribution in [0.4, 0.5) is 4.79 Å². The molecule has 0 radical (unpaired) electrons. The van der Waals surface area contributed by atoms with E-state index in [0.717, 1.165) is 25.7 Å². The van der Waals surface area contributed by atoms with E-state index < -0.39 is 29.2 Å². The molecule has 2 N–H and O–H groups in total. The van der Waals surface area contributed by atoms with E-state index in [4.69, 9.17) is 0 Å². The number of nitrogens with one attached hydrogen (secondary N) is 2. The van der Waals surface area contributed by atoms with Crippen LogP contribution in [0, 0.1) is 0 Å². The fraction of sp³-hybridized carbons (Fsp3) is 0.947. The zero-order valence-electron chi connectivity index (χ0n) is 18.4. The number of hydrogen-bond acceptors (Lipinski definition) is 5. The van der Waals surface area contributed by atoms with Gasteiger partial charge in [-0.1, -0.05) is 12.8 Å². The Morgan fingerprint density at radius 2 is 0.929 bits per heavy atom. The number of amides is 2. The Morgan fingerprint density at radius 1 is 0.607 bits per heavy atom. The molecular weight excluding hydrogens is 400 g/mol. The topological polar surface area (TPSA) is 109 Å². The average molecular weight is 441 g/mol. The molecule has 7 nitrogen and oxygen atoms in total. The van der Waals surface area contributed by atoms with Gasteiger partial charge in [0.1, 0.15) is 0 Å². The summed E-state index contributed by atoms with van der Waals surface area (Å²) in [4.78, 5) is 11.7. The molecular formula is C19H40N2O5S2. The second-order valence-corrected chi connectivity index (χ2v) is 14.9. The molecule has 0 bridgehead atoms. The quantitative estimate of drug-likeness (QED) is 0.453. The van der Waals surface area contributed by atoms with Gasteiger partial charge in [-0.25, -0.2) is 21.6 Å². The number of urea groups is 1. The standard InChI is InChI=1S/C19H40N2O5S2/c1-18(2,3)27(23,24)15-11-7-9-13-20-17(22)21-14-10-8-12-16-28(25,26)19(4,5)6/h7-16H2,1-6H3,(H2,20,21,22). The Balaban J connectivity index is 3.72. The third-order valence-electron chi connectivity index (χ3n) is 4.62. The van der Waals surface area contributed by atoms with Crippen LogP contribution in [0.5, 0.6) is 0 Å². The molecule has 0 saturated heterocycles. The Morgan fingerprint density at radius 3 is 1.21 bits per heavy atom. The molecule has 0 spiro atoms. The lowest BCUT2D eigenvalue weighted by atomic mass is 10.2. The van der Waals surface area contributed by atoms with Crippen LogP contribution in [0.15, 0.2) is 0 Å². The predicted molar refractivity (Wildman–Crippen MR) is 116 cm³/mol. The lowest BCUT2D eigenvalue weighted by molar-refractivity contribution is 0.240. The Hall–Kier alpha value is -0.830. The first-order valence-corrected chi connectivity index (χ1v) is 13.4. The van der Waals surface area contributed by atoms with E-state index in [1.807, 2.05) is 0 Å². The van der Waals surface area contributed by atoms with Crippen LogP contribution in [0.3, 0.4) is 0 Å². The van der Waals surface area contributed by atoms with Crippen LogP contribution in [0.1, 0.15) is 80.1 Å². The third-order valence-corrected chi connectivity index (χ3v) is 10.0. The number of unbranched alkanes of at least 4 members (excludes halogenated alkanes) is 4. The molecule has 0 rings (SSSR count). The molecule has 0 aromatic rings. The summed E-state index contributed by atoms with van der Waals surface area (Å²) in [6.07, 6.45) is 4.16. The molecule has 0 aliphatic rings. The maximum absolute atomic E-state index is 12.0. The van der Waals surface area contributed by atoms with Crippen molar-refractivity contribution in [2.75, 3.05) is 24.6 Å². The van der Waals surface area contributed by atoms with Crippen LogP contribution in [0.25, 0.3) is 0 Å². The van der Waals surface area contributed by atoms with Gasteiger partial charge in [-0.05, 0) is 67.2 Å². The van der Waals surface area contributed by atoms with Crippen LogP contribution in [0.2, 0.25) is 0 Å². The number of sulfone groups is 2. The molecule has 0 atom stereocenters. The number of carbonyl (C=O) groups is 1. The van der Waals surface area contributed by atoms with Crippen molar-refractivity contribution >= 4 is 25.7 Å². The highest BCUT2D eigenvalue weighted by molar-refractivity contribution is 7.93. The van der Waals surface area contributed by atoms with Gasteiger partial charge in [-0.3, -0.25) is 0 Å². The molecule has 0 fully saturated rings. The van der Waals surface area contributed by atoms with Crippen molar-refractivity contribution < 1.29 is 21.6 Å². The summed E-state index contributed by atoms with van der Waals surface area (Å²) in [5.41, 5.74) is 0. The van der Waals surface area contributed by atoms with E-state index in [-0.39, 0.29) is 17.5 Å². The summed E-state index contributed by atoms with van der Waals surface area (Å²) in [7, 11) is -6.15. The van der Waals surface area contributed by atoms with Gasteiger partial charge in [-0.15, -0.1) is 0 Å². The second-order valence-electron chi connectivity index (χ2n) is 9.17. The van der Waals surface area contributed by atoms with Gasteiger partial charge in [0.05, 0.1) is 21.0 Å². The fourth-order valence-electron chi connectivity index (χ4n) is 2.27. The van der Waals surface area contributed by atoms with Crippen molar-refractivity contribution in [1.82, 2.24) is 10.6 Å². The van der Waals surface area contributed by atoms with Gasteiger partial charge in [0.2, 0.25) is 0 Å². The lowest BCUT2D eigenvalue weighted by Gasteiger charge is -2.19. The average Bonchev–Trinajstić information content (AvgIpc) is 2.51. The number of carbonyl (C=O) groups excluding carboxylic acids is 1. The van der Waals surface area contributed by atoms with Crippen LogP contribution < -0.4 is 10.6 Å². The molecule has 0 aromatic heterocycles. The van der Waals surface area contributed by atoms with E-state index >= 15 is 0 Å². The molecule has 9 heteroatoms. The van der Waals surface area contributed by atoms with Crippen LogP contribution in [-0.4, -0.2) is 57.0 Å². The molecule has 2 amide bonds. The first-order valence-electron chi connectivity index (χ1n) is 10.1. The molecule has 0 heterocycles. The predicted octanol–water partition coefficient (Wildman–Crippen LogP) is 3.05. The number of hydrogen-bond donors (Lipinski definition) is 2. The minimum Gasteiger partial charge on any atom is -0.338 e. The number of rotatable bonds is 12. The summed E-state index contributed by atoms with van der Waals surface area (Å²) in [5, 5.41) is 5.50. The van der Waals surface area contributed by atoms with E-state index in [1.54, 1.807) is 41.5 Å². The monoisotopic (exact) mass is 440 g/mol. The smallest absolute Gasteiger partial charge is 0.314 e. The minimum absolute atomic E-state index is 0.174. The van der Waals surface area contributed by atoms with E-state index in [2.05, 4.69) is 10.6 Å². The van der Waals surface area contributed by atoms with Crippen molar-refractivity contribution in [3.8, 4) is 0 Å². The summed E-state index contributed by atoms with van der Waals surface area (Å²) in [6, 6.07) is -0.246. The SMILES string of the molecule is CC(C)(C)S(=O)(=O)CCCCCNC(=O)NCCCCCS(=O)(=O)C(C)(C)C. The zero-order valence-corrected chi connectivity index (χ0v) is 20.1. The van der Waals surface area contributed by atoms with Crippen molar-refractivity contribution in [3.63, 3.8) is 0 Å². The molecule has 0 saturated carbocycles. The van der Waals surface area contributed by atoms with Crippen molar-refractivity contribution in [1.29, 1.82) is 0 Å². The maximum atomic E-state index is 12.0. The Labute approximate surface area is 172 Å². The van der Waals surface area contributed by atoms with Gasteiger partial charge in [-0.2, -0.15) is 0 Å². The molecule has 0 aliphatic heterocycles. The second kappa shape index (κ2) is 11.4. The summed E-state index contributed by atoms with van der Waals surface area (Å²) in [5.74, 6) is 0.348. The van der Waals surface area contributed by atoms with Gasteiger partial charge in [0, 0.05) is 13.1 Å². The Kier molecular flexibility index (Phi) is 11.0. The van der Waals surface area contributed by atoms with Gasteiger partial charge in [0.25, 0.3) is 0 Å². The van der Waals surface area contributed by atoms with Gasteiger partial charge < -0.3 is 10.6 Å². The lowest BCUT2D eigenvalue weighted by Crippen LogP contribution is -2.36. The molecule has 168 valence electrons. The third kappa shape index (κ3) is 10.6. The highest BCUT2D eigenvalue weighted by Gasteiger charge is 2.28. The zero-order chi connectivity index (χ0) is 22.1. The van der Waals surface area contributed by atoms with Crippen LogP contribution >= 0.6 is 0 Å². The molecule has 0 aliphatic carbocycles. The largest absolute Gasteiger partial charge is 0.338 e. The highest BCUT2D eigenvalue weighted by Crippen LogP contribution is 2.18.